The molecule has 0 aliphatic carbocycles. The Bertz CT molecular complexity index is 354. The standard InChI is InChI=1S/C22H48NO5/c1-4-5-6-7-8-9-10-11-12-13-14-15-16-23(2,3)17-19(25)21(27)22(28)20(26)18-24/h19-22,24-28H,4-18H2,1-3H3/q+1/t19-,20+,21+,22+/m0/s1. The van der Waals surface area contributed by atoms with Crippen molar-refractivity contribution < 1.29 is 30.0 Å². The fourth-order valence-corrected chi connectivity index (χ4v) is 3.65. The van der Waals surface area contributed by atoms with Crippen molar-refractivity contribution in [3.63, 3.8) is 0 Å². The lowest BCUT2D eigenvalue weighted by Crippen LogP contribution is -2.54. The van der Waals surface area contributed by atoms with Crippen molar-refractivity contribution in [3.05, 3.63) is 0 Å². The Morgan fingerprint density at radius 1 is 0.607 bits per heavy atom. The summed E-state index contributed by atoms with van der Waals surface area (Å²) in [6, 6.07) is 0. The third-order valence-corrected chi connectivity index (χ3v) is 5.62. The number of rotatable bonds is 19. The van der Waals surface area contributed by atoms with Crippen molar-refractivity contribution in [2.24, 2.45) is 0 Å². The average Bonchev–Trinajstić information content (AvgIpc) is 2.66. The maximum Gasteiger partial charge on any atom is 0.131 e. The molecule has 0 aromatic rings. The molecular formula is C22H48NO5+. The highest BCUT2D eigenvalue weighted by Crippen LogP contribution is 2.14. The second-order valence-electron chi connectivity index (χ2n) is 9.03. The van der Waals surface area contributed by atoms with E-state index in [1.54, 1.807) is 0 Å². The Labute approximate surface area is 172 Å². The van der Waals surface area contributed by atoms with Gasteiger partial charge in [-0.25, -0.2) is 0 Å². The molecule has 6 nitrogen and oxygen atoms in total. The van der Waals surface area contributed by atoms with Crippen LogP contribution < -0.4 is 0 Å². The van der Waals surface area contributed by atoms with Crippen molar-refractivity contribution in [1.82, 2.24) is 0 Å². The minimum absolute atomic E-state index is 0.286. The Morgan fingerprint density at radius 3 is 1.43 bits per heavy atom. The topological polar surface area (TPSA) is 101 Å². The highest BCUT2D eigenvalue weighted by atomic mass is 16.4. The number of likely N-dealkylation sites (N-methyl/N-ethyl adjacent to an activating group) is 1. The zero-order valence-corrected chi connectivity index (χ0v) is 18.6. The molecule has 0 heterocycles. The van der Waals surface area contributed by atoms with Gasteiger partial charge in [-0.2, -0.15) is 0 Å². The van der Waals surface area contributed by atoms with E-state index in [4.69, 9.17) is 5.11 Å². The number of quaternary nitrogens is 1. The Morgan fingerprint density at radius 2 is 1.00 bits per heavy atom. The first-order chi connectivity index (χ1) is 13.2. The molecule has 6 heteroatoms. The summed E-state index contributed by atoms with van der Waals surface area (Å²) in [5.41, 5.74) is 0. The summed E-state index contributed by atoms with van der Waals surface area (Å²) < 4.78 is 0.540. The van der Waals surface area contributed by atoms with Gasteiger partial charge < -0.3 is 30.0 Å². The molecule has 0 fully saturated rings. The lowest BCUT2D eigenvalue weighted by Gasteiger charge is -2.34. The molecule has 0 saturated heterocycles. The molecule has 0 amide bonds. The highest BCUT2D eigenvalue weighted by molar-refractivity contribution is 4.80. The molecule has 0 aliphatic heterocycles. The molecule has 28 heavy (non-hydrogen) atoms. The fraction of sp³-hybridized carbons (Fsp3) is 1.00. The average molecular weight is 407 g/mol. The molecule has 0 aromatic carbocycles. The Kier molecular flexibility index (Phi) is 16.4. The number of aliphatic hydroxyl groups excluding tert-OH is 5. The molecule has 4 atom stereocenters. The van der Waals surface area contributed by atoms with Crippen molar-refractivity contribution in [3.8, 4) is 0 Å². The molecule has 0 aliphatic rings. The van der Waals surface area contributed by atoms with Crippen LogP contribution >= 0.6 is 0 Å². The highest BCUT2D eigenvalue weighted by Gasteiger charge is 2.33. The van der Waals surface area contributed by atoms with Crippen molar-refractivity contribution in [2.45, 2.75) is 108 Å². The van der Waals surface area contributed by atoms with Gasteiger partial charge in [0.05, 0.1) is 27.2 Å². The van der Waals surface area contributed by atoms with E-state index in [1.165, 1.54) is 70.6 Å². The quantitative estimate of drug-likeness (QED) is 0.167. The van der Waals surface area contributed by atoms with Crippen molar-refractivity contribution in [1.29, 1.82) is 0 Å². The lowest BCUT2D eigenvalue weighted by molar-refractivity contribution is -0.894. The van der Waals surface area contributed by atoms with E-state index in [0.29, 0.717) is 4.48 Å². The monoisotopic (exact) mass is 406 g/mol. The van der Waals surface area contributed by atoms with Gasteiger partial charge in [0.1, 0.15) is 31.0 Å². The second-order valence-corrected chi connectivity index (χ2v) is 9.03. The summed E-state index contributed by atoms with van der Waals surface area (Å²) in [5.74, 6) is 0. The molecule has 0 aromatic heterocycles. The van der Waals surface area contributed by atoms with Crippen LogP contribution in [0.25, 0.3) is 0 Å². The Balaban J connectivity index is 3.76. The van der Waals surface area contributed by atoms with Gasteiger partial charge in [0.15, 0.2) is 0 Å². The van der Waals surface area contributed by atoms with Crippen LogP contribution in [0.3, 0.4) is 0 Å². The van der Waals surface area contributed by atoms with Crippen molar-refractivity contribution >= 4 is 0 Å². The zero-order chi connectivity index (χ0) is 21.4. The largest absolute Gasteiger partial charge is 0.394 e. The van der Waals surface area contributed by atoms with Gasteiger partial charge in [-0.1, -0.05) is 71.1 Å². The molecule has 0 unspecified atom stereocenters. The van der Waals surface area contributed by atoms with Crippen LogP contribution in [0, 0.1) is 0 Å². The van der Waals surface area contributed by atoms with Gasteiger partial charge in [0.25, 0.3) is 0 Å². The summed E-state index contributed by atoms with van der Waals surface area (Å²) in [6.45, 7) is 2.77. The van der Waals surface area contributed by atoms with E-state index in [0.717, 1.165) is 13.0 Å². The van der Waals surface area contributed by atoms with E-state index in [1.807, 2.05) is 14.1 Å². The maximum absolute atomic E-state index is 10.1. The van der Waals surface area contributed by atoms with Crippen LogP contribution in [0.15, 0.2) is 0 Å². The molecule has 0 radical (unpaired) electrons. The minimum Gasteiger partial charge on any atom is -0.394 e. The number of nitrogens with zero attached hydrogens (tertiary/aromatic N) is 1. The van der Waals surface area contributed by atoms with Crippen LogP contribution in [0.4, 0.5) is 0 Å². The first-order valence-corrected chi connectivity index (χ1v) is 11.4. The van der Waals surface area contributed by atoms with Gasteiger partial charge in [0, 0.05) is 0 Å². The molecular weight excluding hydrogens is 358 g/mol. The summed E-state index contributed by atoms with van der Waals surface area (Å²) in [5, 5.41) is 48.0. The molecule has 0 rings (SSSR count). The number of hydrogen-bond donors (Lipinski definition) is 5. The van der Waals surface area contributed by atoms with Gasteiger partial charge in [0.2, 0.25) is 0 Å². The molecule has 5 N–H and O–H groups in total. The van der Waals surface area contributed by atoms with E-state index in [2.05, 4.69) is 6.92 Å². The smallest absolute Gasteiger partial charge is 0.131 e. The Hall–Kier alpha value is -0.240. The minimum atomic E-state index is -1.55. The first kappa shape index (κ1) is 27.8. The van der Waals surface area contributed by atoms with E-state index < -0.39 is 31.0 Å². The third-order valence-electron chi connectivity index (χ3n) is 5.62. The third kappa shape index (κ3) is 13.9. The van der Waals surface area contributed by atoms with Gasteiger partial charge in [-0.3, -0.25) is 0 Å². The fourth-order valence-electron chi connectivity index (χ4n) is 3.65. The predicted molar refractivity (Wildman–Crippen MR) is 114 cm³/mol. The van der Waals surface area contributed by atoms with E-state index in [-0.39, 0.29) is 6.54 Å². The van der Waals surface area contributed by atoms with Gasteiger partial charge in [-0.05, 0) is 12.8 Å². The van der Waals surface area contributed by atoms with E-state index in [9.17, 15) is 20.4 Å². The lowest BCUT2D eigenvalue weighted by atomic mass is 10.0. The number of unbranched alkanes of at least 4 members (excludes halogenated alkanes) is 11. The molecule has 0 bridgehead atoms. The van der Waals surface area contributed by atoms with Crippen LogP contribution in [-0.2, 0) is 0 Å². The maximum atomic E-state index is 10.1. The SMILES string of the molecule is CCCCCCCCCCCCCC[N+](C)(C)C[C@H](O)[C@@H](O)[C@H](O)[C@H](O)CO. The number of hydrogen-bond acceptors (Lipinski definition) is 5. The first-order valence-electron chi connectivity index (χ1n) is 11.4. The van der Waals surface area contributed by atoms with Crippen LogP contribution in [0.2, 0.25) is 0 Å². The molecule has 0 saturated carbocycles. The van der Waals surface area contributed by atoms with Crippen LogP contribution in [0.1, 0.15) is 84.0 Å². The summed E-state index contributed by atoms with van der Waals surface area (Å²) in [7, 11) is 3.98. The summed E-state index contributed by atoms with van der Waals surface area (Å²) >= 11 is 0. The van der Waals surface area contributed by atoms with E-state index >= 15 is 0 Å². The van der Waals surface area contributed by atoms with Gasteiger partial charge >= 0.3 is 0 Å². The summed E-state index contributed by atoms with van der Waals surface area (Å²) in [6.07, 6.45) is 10.0. The van der Waals surface area contributed by atoms with Gasteiger partial charge in [-0.15, -0.1) is 0 Å². The molecule has 170 valence electrons. The molecule has 0 spiro atoms. The zero-order valence-electron chi connectivity index (χ0n) is 18.6. The predicted octanol–water partition coefficient (Wildman–Crippen LogP) is 2.20. The number of aliphatic hydroxyl groups is 5. The normalized spacial score (nSPS) is 16.7. The summed E-state index contributed by atoms with van der Waals surface area (Å²) in [4.78, 5) is 0. The van der Waals surface area contributed by atoms with Crippen LogP contribution in [0.5, 0.6) is 0 Å². The van der Waals surface area contributed by atoms with Crippen LogP contribution in [-0.4, -0.2) is 88.2 Å². The van der Waals surface area contributed by atoms with Crippen molar-refractivity contribution in [2.75, 3.05) is 33.8 Å². The second kappa shape index (κ2) is 16.5.